The molecule has 0 aliphatic rings. The van der Waals surface area contributed by atoms with E-state index in [1.807, 2.05) is 0 Å². The lowest BCUT2D eigenvalue weighted by Gasteiger charge is -2.22. The van der Waals surface area contributed by atoms with Crippen LogP contribution in [0.25, 0.3) is 0 Å². The Morgan fingerprint density at radius 3 is 2.57 bits per heavy atom. The van der Waals surface area contributed by atoms with Crippen LogP contribution in [0.1, 0.15) is 33.6 Å². The molecular weight excluding hydrogens is 178 g/mol. The van der Waals surface area contributed by atoms with Crippen molar-refractivity contribution in [2.75, 3.05) is 19.6 Å². The topological polar surface area (TPSA) is 58.4 Å². The molecule has 0 rings (SSSR count). The number of carbonyl (C=O) groups excluding carboxylic acids is 1. The van der Waals surface area contributed by atoms with Gasteiger partial charge in [0.2, 0.25) is 5.91 Å². The summed E-state index contributed by atoms with van der Waals surface area (Å²) in [6, 6.07) is 0. The molecule has 84 valence electrons. The summed E-state index contributed by atoms with van der Waals surface area (Å²) >= 11 is 0. The first-order valence-electron chi connectivity index (χ1n) is 5.32. The molecule has 0 aromatic carbocycles. The molecule has 0 aliphatic heterocycles. The van der Waals surface area contributed by atoms with E-state index in [-0.39, 0.29) is 5.91 Å². The van der Waals surface area contributed by atoms with Gasteiger partial charge in [0.25, 0.3) is 0 Å². The number of rotatable bonds is 7. The molecule has 1 amide bonds. The molecule has 0 saturated carbocycles. The second-order valence-electron chi connectivity index (χ2n) is 3.96. The number of nitrogens with one attached hydrogen (secondary N) is 1. The number of hydrogen-bond acceptors (Lipinski definition) is 3. The molecule has 0 atom stereocenters. The van der Waals surface area contributed by atoms with Gasteiger partial charge in [-0.15, -0.1) is 0 Å². The Morgan fingerprint density at radius 1 is 1.50 bits per heavy atom. The second-order valence-corrected chi connectivity index (χ2v) is 3.96. The molecule has 0 aliphatic carbocycles. The summed E-state index contributed by atoms with van der Waals surface area (Å²) in [7, 11) is 0. The molecule has 0 fully saturated rings. The van der Waals surface area contributed by atoms with Crippen LogP contribution in [0, 0.1) is 5.92 Å². The van der Waals surface area contributed by atoms with Crippen molar-refractivity contribution < 1.29 is 4.79 Å². The number of hydrazine groups is 1. The van der Waals surface area contributed by atoms with Crippen molar-refractivity contribution in [3.8, 4) is 0 Å². The van der Waals surface area contributed by atoms with Gasteiger partial charge in [-0.2, -0.15) is 0 Å². The van der Waals surface area contributed by atoms with E-state index in [1.165, 1.54) is 0 Å². The highest BCUT2D eigenvalue weighted by Gasteiger charge is 2.05. The van der Waals surface area contributed by atoms with E-state index in [0.717, 1.165) is 26.1 Å². The zero-order valence-electron chi connectivity index (χ0n) is 9.55. The van der Waals surface area contributed by atoms with Crippen LogP contribution in [0.4, 0.5) is 0 Å². The summed E-state index contributed by atoms with van der Waals surface area (Å²) in [5, 5.41) is 0. The molecule has 4 nitrogen and oxygen atoms in total. The molecule has 0 bridgehead atoms. The van der Waals surface area contributed by atoms with Gasteiger partial charge in [0, 0.05) is 13.0 Å². The molecule has 0 spiro atoms. The van der Waals surface area contributed by atoms with Crippen LogP contribution < -0.4 is 11.3 Å². The second kappa shape index (κ2) is 7.76. The Kier molecular flexibility index (Phi) is 7.42. The summed E-state index contributed by atoms with van der Waals surface area (Å²) in [5.41, 5.74) is 2.14. The Labute approximate surface area is 86.8 Å². The molecule has 0 aromatic rings. The number of carbonyl (C=O) groups is 1. The molecule has 0 radical (unpaired) electrons. The van der Waals surface area contributed by atoms with Crippen LogP contribution in [0.3, 0.4) is 0 Å². The maximum atomic E-state index is 10.8. The third kappa shape index (κ3) is 6.86. The first-order chi connectivity index (χ1) is 6.60. The molecular formula is C10H23N3O. The van der Waals surface area contributed by atoms with Crippen molar-refractivity contribution in [2.45, 2.75) is 33.6 Å². The highest BCUT2D eigenvalue weighted by molar-refractivity contribution is 5.75. The minimum Gasteiger partial charge on any atom is -0.303 e. The zero-order valence-corrected chi connectivity index (χ0v) is 9.55. The Balaban J connectivity index is 3.57. The van der Waals surface area contributed by atoms with Gasteiger partial charge in [-0.3, -0.25) is 10.2 Å². The summed E-state index contributed by atoms with van der Waals surface area (Å²) < 4.78 is 0. The largest absolute Gasteiger partial charge is 0.303 e. The van der Waals surface area contributed by atoms with E-state index in [2.05, 4.69) is 31.1 Å². The van der Waals surface area contributed by atoms with E-state index < -0.39 is 0 Å². The first kappa shape index (κ1) is 13.4. The minimum absolute atomic E-state index is 0.0781. The Hall–Kier alpha value is -0.610. The van der Waals surface area contributed by atoms with Crippen molar-refractivity contribution in [2.24, 2.45) is 11.8 Å². The predicted molar refractivity (Wildman–Crippen MR) is 58.5 cm³/mol. The summed E-state index contributed by atoms with van der Waals surface area (Å²) in [5.74, 6) is 5.59. The van der Waals surface area contributed by atoms with Crippen LogP contribution in [0.2, 0.25) is 0 Å². The third-order valence-electron chi connectivity index (χ3n) is 2.11. The van der Waals surface area contributed by atoms with E-state index in [1.54, 1.807) is 0 Å². The average molecular weight is 201 g/mol. The van der Waals surface area contributed by atoms with E-state index in [9.17, 15) is 4.79 Å². The summed E-state index contributed by atoms with van der Waals surface area (Å²) in [6.45, 7) is 9.67. The number of amides is 1. The van der Waals surface area contributed by atoms with Gasteiger partial charge in [0.1, 0.15) is 0 Å². The maximum absolute atomic E-state index is 10.8. The smallest absolute Gasteiger partial charge is 0.233 e. The fourth-order valence-electron chi connectivity index (χ4n) is 1.43. The van der Waals surface area contributed by atoms with E-state index >= 15 is 0 Å². The fraction of sp³-hybridized carbons (Fsp3) is 0.900. The summed E-state index contributed by atoms with van der Waals surface area (Å²) in [6.07, 6.45) is 1.40. The van der Waals surface area contributed by atoms with E-state index in [0.29, 0.717) is 12.3 Å². The van der Waals surface area contributed by atoms with Gasteiger partial charge in [-0.25, -0.2) is 5.84 Å². The molecule has 4 heteroatoms. The van der Waals surface area contributed by atoms with Crippen LogP contribution in [-0.4, -0.2) is 30.4 Å². The quantitative estimate of drug-likeness (QED) is 0.363. The third-order valence-corrected chi connectivity index (χ3v) is 2.11. The van der Waals surface area contributed by atoms with Gasteiger partial charge in [0.15, 0.2) is 0 Å². The Morgan fingerprint density at radius 2 is 2.14 bits per heavy atom. The van der Waals surface area contributed by atoms with Crippen molar-refractivity contribution in [3.63, 3.8) is 0 Å². The predicted octanol–water partition coefficient (Wildman–Crippen LogP) is 0.734. The van der Waals surface area contributed by atoms with Crippen molar-refractivity contribution in [3.05, 3.63) is 0 Å². The number of nitrogens with zero attached hydrogens (tertiary/aromatic N) is 1. The highest BCUT2D eigenvalue weighted by atomic mass is 16.2. The normalized spacial score (nSPS) is 11.0. The number of nitrogens with two attached hydrogens (primary N) is 1. The average Bonchev–Trinajstić information content (AvgIpc) is 2.15. The monoisotopic (exact) mass is 201 g/mol. The fourth-order valence-corrected chi connectivity index (χ4v) is 1.43. The first-order valence-corrected chi connectivity index (χ1v) is 5.32. The van der Waals surface area contributed by atoms with Gasteiger partial charge < -0.3 is 4.90 Å². The Bertz CT molecular complexity index is 159. The molecule has 14 heavy (non-hydrogen) atoms. The standard InChI is InChI=1S/C10H23N3O/c1-4-13(8-9(2)3)7-5-6-10(14)12-11/h9H,4-8,11H2,1-3H3,(H,12,14). The van der Waals surface area contributed by atoms with Gasteiger partial charge in [-0.05, 0) is 25.4 Å². The van der Waals surface area contributed by atoms with Crippen molar-refractivity contribution >= 4 is 5.91 Å². The highest BCUT2D eigenvalue weighted by Crippen LogP contribution is 2.00. The van der Waals surface area contributed by atoms with Crippen molar-refractivity contribution in [1.82, 2.24) is 10.3 Å². The van der Waals surface area contributed by atoms with Crippen molar-refractivity contribution in [1.29, 1.82) is 0 Å². The van der Waals surface area contributed by atoms with Crippen LogP contribution >= 0.6 is 0 Å². The maximum Gasteiger partial charge on any atom is 0.233 e. The zero-order chi connectivity index (χ0) is 11.0. The lowest BCUT2D eigenvalue weighted by molar-refractivity contribution is -0.121. The number of hydrogen-bond donors (Lipinski definition) is 2. The van der Waals surface area contributed by atoms with Gasteiger partial charge >= 0.3 is 0 Å². The van der Waals surface area contributed by atoms with Crippen LogP contribution in [0.15, 0.2) is 0 Å². The SMILES string of the molecule is CCN(CCCC(=O)NN)CC(C)C. The summed E-state index contributed by atoms with van der Waals surface area (Å²) in [4.78, 5) is 13.2. The molecule has 3 N–H and O–H groups in total. The van der Waals surface area contributed by atoms with Gasteiger partial charge in [-0.1, -0.05) is 20.8 Å². The molecule has 0 unspecified atom stereocenters. The van der Waals surface area contributed by atoms with E-state index in [4.69, 9.17) is 5.84 Å². The lowest BCUT2D eigenvalue weighted by Crippen LogP contribution is -2.32. The lowest BCUT2D eigenvalue weighted by atomic mass is 10.2. The van der Waals surface area contributed by atoms with Crippen LogP contribution in [0.5, 0.6) is 0 Å². The minimum atomic E-state index is -0.0781. The van der Waals surface area contributed by atoms with Gasteiger partial charge in [0.05, 0.1) is 0 Å². The molecule has 0 saturated heterocycles. The molecule has 0 heterocycles. The molecule has 0 aromatic heterocycles. The van der Waals surface area contributed by atoms with Crippen LogP contribution in [-0.2, 0) is 4.79 Å².